The molecule has 0 fully saturated rings. The van der Waals surface area contributed by atoms with E-state index in [1.54, 1.807) is 0 Å². The van der Waals surface area contributed by atoms with Crippen molar-refractivity contribution < 1.29 is 0 Å². The van der Waals surface area contributed by atoms with Crippen LogP contribution in [0.25, 0.3) is 55.2 Å². The highest BCUT2D eigenvalue weighted by molar-refractivity contribution is 6.18. The molecule has 0 aliphatic heterocycles. The van der Waals surface area contributed by atoms with Crippen molar-refractivity contribution in [3.63, 3.8) is 0 Å². The first-order valence-electron chi connectivity index (χ1n) is 11.6. The molecular weight excluding hydrogens is 412 g/mol. The summed E-state index contributed by atoms with van der Waals surface area (Å²) < 4.78 is 4.74. The van der Waals surface area contributed by atoms with Crippen molar-refractivity contribution in [1.82, 2.24) is 9.13 Å². The lowest BCUT2D eigenvalue weighted by Crippen LogP contribution is -1.98. The fourth-order valence-electron chi connectivity index (χ4n) is 5.20. The van der Waals surface area contributed by atoms with Crippen LogP contribution < -0.4 is 0 Å². The van der Waals surface area contributed by atoms with Gasteiger partial charge in [-0.25, -0.2) is 0 Å². The van der Waals surface area contributed by atoms with Crippen molar-refractivity contribution >= 4 is 32.7 Å². The SMILES string of the molecule is c1ccc(-c2cccc(-n3c4ccccc4c4ccc5ccn(-c6ccccc6)c5c43)c2)cc1. The number of benzene rings is 5. The molecule has 34 heavy (non-hydrogen) atoms. The summed E-state index contributed by atoms with van der Waals surface area (Å²) >= 11 is 0. The molecule has 5 aromatic carbocycles. The Morgan fingerprint density at radius 2 is 1.15 bits per heavy atom. The fraction of sp³-hybridized carbons (Fsp3) is 0. The van der Waals surface area contributed by atoms with Crippen LogP contribution in [0.3, 0.4) is 0 Å². The zero-order valence-electron chi connectivity index (χ0n) is 18.6. The van der Waals surface area contributed by atoms with Gasteiger partial charge in [0.25, 0.3) is 0 Å². The number of fused-ring (bicyclic) bond motifs is 5. The molecule has 2 nitrogen and oxygen atoms in total. The maximum atomic E-state index is 2.43. The van der Waals surface area contributed by atoms with Crippen LogP contribution in [-0.2, 0) is 0 Å². The zero-order chi connectivity index (χ0) is 22.5. The van der Waals surface area contributed by atoms with Gasteiger partial charge >= 0.3 is 0 Å². The van der Waals surface area contributed by atoms with E-state index in [0.717, 1.165) is 0 Å². The predicted molar refractivity (Wildman–Crippen MR) is 143 cm³/mol. The standard InChI is InChI=1S/C32H22N2/c1-3-10-23(11-4-1)25-12-9-15-27(22-25)34-30-17-8-7-16-28(30)29-19-18-24-20-21-33(31(24)32(29)34)26-13-5-2-6-14-26/h1-22H. The smallest absolute Gasteiger partial charge is 0.0788 e. The average molecular weight is 435 g/mol. The number of hydrogen-bond donors (Lipinski definition) is 0. The maximum Gasteiger partial charge on any atom is 0.0788 e. The summed E-state index contributed by atoms with van der Waals surface area (Å²) in [4.78, 5) is 0. The molecule has 0 N–H and O–H groups in total. The van der Waals surface area contributed by atoms with Crippen LogP contribution in [0.2, 0.25) is 0 Å². The van der Waals surface area contributed by atoms with Crippen LogP contribution in [0, 0.1) is 0 Å². The van der Waals surface area contributed by atoms with Crippen LogP contribution >= 0.6 is 0 Å². The summed E-state index contributed by atoms with van der Waals surface area (Å²) in [6, 6.07) is 45.5. The molecule has 0 unspecified atom stereocenters. The summed E-state index contributed by atoms with van der Waals surface area (Å²) in [5.41, 5.74) is 8.46. The van der Waals surface area contributed by atoms with Crippen molar-refractivity contribution in [3.8, 4) is 22.5 Å². The fourth-order valence-corrected chi connectivity index (χ4v) is 5.20. The van der Waals surface area contributed by atoms with Gasteiger partial charge in [-0.15, -0.1) is 0 Å². The van der Waals surface area contributed by atoms with Crippen LogP contribution in [0.5, 0.6) is 0 Å². The van der Waals surface area contributed by atoms with Crippen LogP contribution in [-0.4, -0.2) is 9.13 Å². The Morgan fingerprint density at radius 3 is 2.00 bits per heavy atom. The Kier molecular flexibility index (Phi) is 4.18. The van der Waals surface area contributed by atoms with E-state index < -0.39 is 0 Å². The van der Waals surface area contributed by atoms with Crippen molar-refractivity contribution in [2.24, 2.45) is 0 Å². The molecule has 0 radical (unpaired) electrons. The van der Waals surface area contributed by atoms with Gasteiger partial charge in [-0.1, -0.05) is 91.0 Å². The van der Waals surface area contributed by atoms with Gasteiger partial charge in [-0.2, -0.15) is 0 Å². The summed E-state index contributed by atoms with van der Waals surface area (Å²) in [5.74, 6) is 0. The molecule has 0 aliphatic carbocycles. The minimum absolute atomic E-state index is 1.17. The molecule has 0 spiro atoms. The van der Waals surface area contributed by atoms with Gasteiger partial charge in [-0.05, 0) is 47.5 Å². The molecule has 2 heteroatoms. The number of rotatable bonds is 3. The van der Waals surface area contributed by atoms with Crippen molar-refractivity contribution in [2.75, 3.05) is 0 Å². The molecule has 0 bridgehead atoms. The molecule has 0 atom stereocenters. The van der Waals surface area contributed by atoms with Crippen molar-refractivity contribution in [2.45, 2.75) is 0 Å². The highest BCUT2D eigenvalue weighted by atomic mass is 15.0. The largest absolute Gasteiger partial charge is 0.315 e. The van der Waals surface area contributed by atoms with Gasteiger partial charge < -0.3 is 9.13 Å². The van der Waals surface area contributed by atoms with E-state index in [1.807, 2.05) is 0 Å². The lowest BCUT2D eigenvalue weighted by molar-refractivity contribution is 1.12. The third-order valence-electron chi connectivity index (χ3n) is 6.73. The summed E-state index contributed by atoms with van der Waals surface area (Å²) in [7, 11) is 0. The molecule has 0 saturated carbocycles. The predicted octanol–water partition coefficient (Wildman–Crippen LogP) is 8.39. The van der Waals surface area contributed by atoms with Gasteiger partial charge in [0.1, 0.15) is 0 Å². The van der Waals surface area contributed by atoms with Gasteiger partial charge in [0.05, 0.1) is 16.6 Å². The second-order valence-electron chi connectivity index (χ2n) is 8.69. The van der Waals surface area contributed by atoms with E-state index in [2.05, 4.69) is 143 Å². The molecular formula is C32H22N2. The number of para-hydroxylation sites is 2. The Balaban J connectivity index is 1.61. The van der Waals surface area contributed by atoms with Crippen LogP contribution in [0.1, 0.15) is 0 Å². The number of hydrogen-bond acceptors (Lipinski definition) is 0. The lowest BCUT2D eigenvalue weighted by atomic mass is 10.1. The van der Waals surface area contributed by atoms with Gasteiger partial charge in [0.15, 0.2) is 0 Å². The lowest BCUT2D eigenvalue weighted by Gasteiger charge is -2.13. The molecule has 2 heterocycles. The highest BCUT2D eigenvalue weighted by Crippen LogP contribution is 2.38. The minimum atomic E-state index is 1.17. The van der Waals surface area contributed by atoms with E-state index in [0.29, 0.717) is 0 Å². The Bertz CT molecular complexity index is 1790. The summed E-state index contributed by atoms with van der Waals surface area (Å²) in [6.07, 6.45) is 2.18. The molecule has 0 saturated heterocycles. The molecule has 0 amide bonds. The highest BCUT2D eigenvalue weighted by Gasteiger charge is 2.17. The molecule has 160 valence electrons. The van der Waals surface area contributed by atoms with Gasteiger partial charge in [-0.3, -0.25) is 0 Å². The topological polar surface area (TPSA) is 9.86 Å². The summed E-state index contributed by atoms with van der Waals surface area (Å²) in [5, 5.41) is 3.77. The van der Waals surface area contributed by atoms with E-state index in [9.17, 15) is 0 Å². The van der Waals surface area contributed by atoms with Crippen LogP contribution in [0.4, 0.5) is 0 Å². The zero-order valence-corrected chi connectivity index (χ0v) is 18.6. The van der Waals surface area contributed by atoms with E-state index >= 15 is 0 Å². The Labute approximate surface area is 197 Å². The van der Waals surface area contributed by atoms with Gasteiger partial charge in [0.2, 0.25) is 0 Å². The van der Waals surface area contributed by atoms with Crippen molar-refractivity contribution in [3.05, 3.63) is 134 Å². The van der Waals surface area contributed by atoms with E-state index in [-0.39, 0.29) is 0 Å². The third-order valence-corrected chi connectivity index (χ3v) is 6.73. The number of nitrogens with zero attached hydrogens (tertiary/aromatic N) is 2. The van der Waals surface area contributed by atoms with Crippen LogP contribution in [0.15, 0.2) is 134 Å². The van der Waals surface area contributed by atoms with E-state index in [4.69, 9.17) is 0 Å². The second kappa shape index (κ2) is 7.50. The summed E-state index contributed by atoms with van der Waals surface area (Å²) in [6.45, 7) is 0. The first kappa shape index (κ1) is 19.0. The van der Waals surface area contributed by atoms with Crippen molar-refractivity contribution in [1.29, 1.82) is 0 Å². The molecule has 7 rings (SSSR count). The average Bonchev–Trinajstić information content (AvgIpc) is 3.49. The monoisotopic (exact) mass is 434 g/mol. The molecule has 7 aromatic rings. The maximum absolute atomic E-state index is 2.43. The van der Waals surface area contributed by atoms with E-state index in [1.165, 1.54) is 55.2 Å². The quantitative estimate of drug-likeness (QED) is 0.264. The Morgan fingerprint density at radius 1 is 0.441 bits per heavy atom. The first-order valence-corrected chi connectivity index (χ1v) is 11.6. The normalized spacial score (nSPS) is 11.5. The first-order chi connectivity index (χ1) is 16.9. The Hall–Kier alpha value is -4.56. The second-order valence-corrected chi connectivity index (χ2v) is 8.69. The molecule has 2 aromatic heterocycles. The van der Waals surface area contributed by atoms with Gasteiger partial charge in [0, 0.05) is 33.7 Å². The number of aromatic nitrogens is 2. The minimum Gasteiger partial charge on any atom is -0.315 e. The third kappa shape index (κ3) is 2.82. The molecule has 0 aliphatic rings.